The van der Waals surface area contributed by atoms with Crippen LogP contribution in [0.15, 0.2) is 229 Å². The zero-order chi connectivity index (χ0) is 38.4. The van der Waals surface area contributed by atoms with Gasteiger partial charge in [-0.1, -0.05) is 176 Å². The summed E-state index contributed by atoms with van der Waals surface area (Å²) in [4.78, 5) is 2.34. The van der Waals surface area contributed by atoms with E-state index in [1.807, 2.05) is 0 Å². The zero-order valence-electron chi connectivity index (χ0n) is 31.7. The summed E-state index contributed by atoms with van der Waals surface area (Å²) < 4.78 is 7.12. The molecule has 58 heavy (non-hydrogen) atoms. The molecule has 2 heteroatoms. The highest BCUT2D eigenvalue weighted by atomic mass is 16.3. The Labute approximate surface area is 337 Å². The molecule has 10 aromatic carbocycles. The Bertz CT molecular complexity index is 3250. The molecule has 0 fully saturated rings. The van der Waals surface area contributed by atoms with Crippen molar-refractivity contribution in [1.82, 2.24) is 0 Å². The molecule has 0 radical (unpaired) electrons. The maximum absolute atomic E-state index is 7.12. The highest BCUT2D eigenvalue weighted by Gasteiger charge is 2.22. The van der Waals surface area contributed by atoms with E-state index in [-0.39, 0.29) is 0 Å². The Kier molecular flexibility index (Phi) is 8.19. The van der Waals surface area contributed by atoms with E-state index in [1.54, 1.807) is 0 Å². The van der Waals surface area contributed by atoms with Gasteiger partial charge >= 0.3 is 0 Å². The molecule has 0 atom stereocenters. The largest absolute Gasteiger partial charge is 0.453 e. The molecular weight excluding hydrogens is 703 g/mol. The molecule has 11 rings (SSSR count). The van der Waals surface area contributed by atoms with Gasteiger partial charge in [-0.15, -0.1) is 0 Å². The van der Waals surface area contributed by atoms with Crippen molar-refractivity contribution in [2.24, 2.45) is 0 Å². The SMILES string of the molecule is c1ccc(-c2cc(-c3ccccc3)c3oc4c(N(c5ccc(-c6ccc7ccccc7c6)cc5)c5ccc(-c6cccc7ccccc67)cc5)cccc4c3c2)cc1. The molecule has 0 aliphatic heterocycles. The van der Waals surface area contributed by atoms with Gasteiger partial charge in [0.15, 0.2) is 5.58 Å². The molecule has 0 bridgehead atoms. The first-order valence-corrected chi connectivity index (χ1v) is 19.8. The van der Waals surface area contributed by atoms with Crippen molar-refractivity contribution < 1.29 is 4.42 Å². The first kappa shape index (κ1) is 33.6. The third-order valence-electron chi connectivity index (χ3n) is 11.4. The molecule has 0 N–H and O–H groups in total. The molecule has 0 unspecified atom stereocenters. The van der Waals surface area contributed by atoms with Crippen LogP contribution in [0.5, 0.6) is 0 Å². The van der Waals surface area contributed by atoms with Gasteiger partial charge in [-0.05, 0) is 109 Å². The molecule has 1 heterocycles. The minimum Gasteiger partial charge on any atom is -0.453 e. The van der Waals surface area contributed by atoms with E-state index in [0.29, 0.717) is 0 Å². The number of nitrogens with zero attached hydrogens (tertiary/aromatic N) is 1. The summed E-state index contributed by atoms with van der Waals surface area (Å²) in [7, 11) is 0. The van der Waals surface area contributed by atoms with Gasteiger partial charge in [0.25, 0.3) is 0 Å². The highest BCUT2D eigenvalue weighted by molar-refractivity contribution is 6.15. The van der Waals surface area contributed by atoms with Gasteiger partial charge in [-0.2, -0.15) is 0 Å². The lowest BCUT2D eigenvalue weighted by Crippen LogP contribution is -2.10. The lowest BCUT2D eigenvalue weighted by Gasteiger charge is -2.26. The molecule has 2 nitrogen and oxygen atoms in total. The molecule has 0 amide bonds. The van der Waals surface area contributed by atoms with Crippen LogP contribution in [0.25, 0.3) is 88.0 Å². The topological polar surface area (TPSA) is 16.4 Å². The monoisotopic (exact) mass is 739 g/mol. The average Bonchev–Trinajstić information content (AvgIpc) is 3.69. The van der Waals surface area contributed by atoms with Crippen LogP contribution >= 0.6 is 0 Å². The number of hydrogen-bond donors (Lipinski definition) is 0. The Morgan fingerprint density at radius 1 is 0.276 bits per heavy atom. The highest BCUT2D eigenvalue weighted by Crippen LogP contribution is 2.46. The third kappa shape index (κ3) is 5.91. The Hall–Kier alpha value is -7.68. The molecule has 0 aliphatic rings. The number of hydrogen-bond acceptors (Lipinski definition) is 2. The molecule has 272 valence electrons. The maximum Gasteiger partial charge on any atom is 0.159 e. The molecule has 0 saturated carbocycles. The minimum absolute atomic E-state index is 0.844. The van der Waals surface area contributed by atoms with Crippen LogP contribution in [0, 0.1) is 0 Å². The molecule has 1 aromatic heterocycles. The van der Waals surface area contributed by atoms with Gasteiger partial charge in [-0.25, -0.2) is 0 Å². The van der Waals surface area contributed by atoms with Crippen molar-refractivity contribution in [3.8, 4) is 44.5 Å². The van der Waals surface area contributed by atoms with E-state index in [0.717, 1.165) is 55.7 Å². The predicted molar refractivity (Wildman–Crippen MR) is 245 cm³/mol. The second-order valence-corrected chi connectivity index (χ2v) is 14.9. The summed E-state index contributed by atoms with van der Waals surface area (Å²) in [5, 5.41) is 7.13. The van der Waals surface area contributed by atoms with Crippen molar-refractivity contribution in [3.63, 3.8) is 0 Å². The van der Waals surface area contributed by atoms with Gasteiger partial charge in [0.2, 0.25) is 0 Å². The van der Waals surface area contributed by atoms with Gasteiger partial charge in [0.1, 0.15) is 5.58 Å². The number of furan rings is 1. The summed E-state index contributed by atoms with van der Waals surface area (Å²) in [6, 6.07) is 80.5. The summed E-state index contributed by atoms with van der Waals surface area (Å²) in [6.07, 6.45) is 0. The van der Waals surface area contributed by atoms with E-state index in [9.17, 15) is 0 Å². The van der Waals surface area contributed by atoms with E-state index >= 15 is 0 Å². The number of para-hydroxylation sites is 1. The quantitative estimate of drug-likeness (QED) is 0.162. The lowest BCUT2D eigenvalue weighted by atomic mass is 9.95. The normalized spacial score (nSPS) is 11.4. The zero-order valence-corrected chi connectivity index (χ0v) is 31.7. The van der Waals surface area contributed by atoms with Gasteiger partial charge in [0, 0.05) is 27.7 Å². The van der Waals surface area contributed by atoms with Crippen LogP contribution in [0.1, 0.15) is 0 Å². The predicted octanol–water partition coefficient (Wildman–Crippen LogP) is 16.0. The fraction of sp³-hybridized carbons (Fsp3) is 0. The summed E-state index contributed by atoms with van der Waals surface area (Å²) in [5.41, 5.74) is 14.1. The third-order valence-corrected chi connectivity index (χ3v) is 11.4. The van der Waals surface area contributed by atoms with E-state index in [4.69, 9.17) is 4.42 Å². The van der Waals surface area contributed by atoms with Crippen molar-refractivity contribution in [2.75, 3.05) is 4.90 Å². The van der Waals surface area contributed by atoms with Crippen molar-refractivity contribution in [3.05, 3.63) is 224 Å². The summed E-state index contributed by atoms with van der Waals surface area (Å²) in [6.45, 7) is 0. The molecule has 11 aromatic rings. The fourth-order valence-electron chi connectivity index (χ4n) is 8.56. The number of benzene rings is 10. The van der Waals surface area contributed by atoms with Gasteiger partial charge in [-0.3, -0.25) is 0 Å². The summed E-state index contributed by atoms with van der Waals surface area (Å²) >= 11 is 0. The minimum atomic E-state index is 0.844. The van der Waals surface area contributed by atoms with E-state index < -0.39 is 0 Å². The standard InChI is InChI=1S/C56H37NO/c1-3-13-38(14-4-1)46-36-52(42-16-5-2-6-17-42)55-53(37-46)51-23-12-24-54(56(51)58-55)57(47-31-27-40(28-32-47)45-26-25-39-15-7-8-19-44(39)35-45)48-33-29-43(30-34-48)50-22-11-20-41-18-9-10-21-49(41)50/h1-37H. The van der Waals surface area contributed by atoms with E-state index in [2.05, 4.69) is 229 Å². The van der Waals surface area contributed by atoms with Crippen molar-refractivity contribution in [2.45, 2.75) is 0 Å². The summed E-state index contributed by atoms with van der Waals surface area (Å²) in [5.74, 6) is 0. The van der Waals surface area contributed by atoms with Gasteiger partial charge in [0.05, 0.1) is 5.69 Å². The Balaban J connectivity index is 1.10. The number of fused-ring (bicyclic) bond motifs is 5. The van der Waals surface area contributed by atoms with Crippen LogP contribution in [-0.4, -0.2) is 0 Å². The molecular formula is C56H37NO. The van der Waals surface area contributed by atoms with Crippen LogP contribution in [0.4, 0.5) is 17.1 Å². The number of rotatable bonds is 7. The first-order valence-electron chi connectivity index (χ1n) is 19.8. The second-order valence-electron chi connectivity index (χ2n) is 14.9. The van der Waals surface area contributed by atoms with Crippen molar-refractivity contribution in [1.29, 1.82) is 0 Å². The van der Waals surface area contributed by atoms with Crippen molar-refractivity contribution >= 4 is 60.5 Å². The molecule has 0 aliphatic carbocycles. The van der Waals surface area contributed by atoms with Crippen LogP contribution in [0.2, 0.25) is 0 Å². The smallest absolute Gasteiger partial charge is 0.159 e. The van der Waals surface area contributed by atoms with Crippen LogP contribution in [-0.2, 0) is 0 Å². The Morgan fingerprint density at radius 3 is 1.59 bits per heavy atom. The lowest BCUT2D eigenvalue weighted by molar-refractivity contribution is 0.670. The maximum atomic E-state index is 7.12. The van der Waals surface area contributed by atoms with Gasteiger partial charge < -0.3 is 9.32 Å². The average molecular weight is 740 g/mol. The number of anilines is 3. The first-order chi connectivity index (χ1) is 28.7. The van der Waals surface area contributed by atoms with E-state index in [1.165, 1.54) is 49.4 Å². The second kappa shape index (κ2) is 14.1. The molecule has 0 spiro atoms. The fourth-order valence-corrected chi connectivity index (χ4v) is 8.56. The van der Waals surface area contributed by atoms with Crippen LogP contribution in [0.3, 0.4) is 0 Å². The Morgan fingerprint density at radius 2 is 0.828 bits per heavy atom. The van der Waals surface area contributed by atoms with Crippen LogP contribution < -0.4 is 4.90 Å². The molecule has 0 saturated heterocycles.